The second-order valence-electron chi connectivity index (χ2n) is 4.95. The molecule has 1 aromatic rings. The summed E-state index contributed by atoms with van der Waals surface area (Å²) in [4.78, 5) is 0. The van der Waals surface area contributed by atoms with Crippen LogP contribution in [0.1, 0.15) is 47.6 Å². The molecule has 0 spiro atoms. The maximum atomic E-state index is 5.53. The molecule has 1 rings (SSSR count). The van der Waals surface area contributed by atoms with Crippen LogP contribution in [0.15, 0.2) is 12.1 Å². The first-order valence-corrected chi connectivity index (χ1v) is 6.43. The Morgan fingerprint density at radius 2 is 1.65 bits per heavy atom. The van der Waals surface area contributed by atoms with Crippen LogP contribution in [-0.2, 0) is 0 Å². The van der Waals surface area contributed by atoms with Crippen LogP contribution in [0.4, 0.5) is 0 Å². The van der Waals surface area contributed by atoms with Gasteiger partial charge in [0, 0.05) is 0 Å². The van der Waals surface area contributed by atoms with Crippen molar-refractivity contribution in [2.45, 2.75) is 47.5 Å². The van der Waals surface area contributed by atoms with E-state index in [2.05, 4.69) is 46.8 Å². The normalized spacial score (nSPS) is 12.0. The van der Waals surface area contributed by atoms with Crippen molar-refractivity contribution in [3.05, 3.63) is 40.0 Å². The number of hydrogen-bond acceptors (Lipinski definition) is 1. The van der Waals surface area contributed by atoms with E-state index in [9.17, 15) is 0 Å². The fourth-order valence-corrected chi connectivity index (χ4v) is 2.35. The summed E-state index contributed by atoms with van der Waals surface area (Å²) in [6.45, 7) is 11.8. The van der Waals surface area contributed by atoms with Gasteiger partial charge in [0.1, 0.15) is 0 Å². The molecular formula is C16H25N. The number of hydrogen-bond donors (Lipinski definition) is 1. The van der Waals surface area contributed by atoms with E-state index in [1.165, 1.54) is 33.4 Å². The lowest BCUT2D eigenvalue weighted by molar-refractivity contribution is 0.855. The first-order valence-electron chi connectivity index (χ1n) is 6.43. The molecule has 1 aromatic carbocycles. The van der Waals surface area contributed by atoms with E-state index in [1.807, 2.05) is 0 Å². The molecule has 0 aliphatic rings. The number of nitrogens with two attached hydrogens (primary N) is 1. The molecule has 0 saturated heterocycles. The Morgan fingerprint density at radius 1 is 1.12 bits per heavy atom. The maximum Gasteiger partial charge on any atom is -0.00743 e. The summed E-state index contributed by atoms with van der Waals surface area (Å²) < 4.78 is 0. The summed E-state index contributed by atoms with van der Waals surface area (Å²) in [5.74, 6) is 0. The minimum absolute atomic E-state index is 0.772. The highest BCUT2D eigenvalue weighted by molar-refractivity contribution is 5.71. The van der Waals surface area contributed by atoms with Gasteiger partial charge >= 0.3 is 0 Å². The van der Waals surface area contributed by atoms with Gasteiger partial charge in [-0.05, 0) is 87.4 Å². The third-order valence-electron chi connectivity index (χ3n) is 3.62. The van der Waals surface area contributed by atoms with Gasteiger partial charge in [-0.3, -0.25) is 0 Å². The molecular weight excluding hydrogens is 206 g/mol. The smallest absolute Gasteiger partial charge is 0.00743 e. The monoisotopic (exact) mass is 231 g/mol. The molecule has 0 unspecified atom stereocenters. The van der Waals surface area contributed by atoms with Gasteiger partial charge in [0.2, 0.25) is 0 Å². The van der Waals surface area contributed by atoms with Crippen LogP contribution in [0.3, 0.4) is 0 Å². The Balaban J connectivity index is 3.16. The molecule has 1 heteroatoms. The van der Waals surface area contributed by atoms with Crippen molar-refractivity contribution in [2.24, 2.45) is 5.73 Å². The summed E-state index contributed by atoms with van der Waals surface area (Å²) in [5, 5.41) is 0. The third kappa shape index (κ3) is 3.19. The molecule has 0 amide bonds. The van der Waals surface area contributed by atoms with Crippen LogP contribution in [0, 0.1) is 27.7 Å². The zero-order valence-corrected chi connectivity index (χ0v) is 11.9. The van der Waals surface area contributed by atoms with Gasteiger partial charge in [-0.25, -0.2) is 0 Å². The van der Waals surface area contributed by atoms with Gasteiger partial charge in [0.15, 0.2) is 0 Å². The van der Waals surface area contributed by atoms with Crippen LogP contribution in [0.2, 0.25) is 0 Å². The zero-order valence-electron chi connectivity index (χ0n) is 11.9. The highest BCUT2D eigenvalue weighted by Gasteiger charge is 2.09. The highest BCUT2D eigenvalue weighted by atomic mass is 14.5. The van der Waals surface area contributed by atoms with Crippen molar-refractivity contribution < 1.29 is 0 Å². The van der Waals surface area contributed by atoms with Crippen LogP contribution in [0.5, 0.6) is 0 Å². The van der Waals surface area contributed by atoms with Gasteiger partial charge in [0.25, 0.3) is 0 Å². The molecule has 0 atom stereocenters. The molecule has 0 aliphatic carbocycles. The van der Waals surface area contributed by atoms with Crippen molar-refractivity contribution in [3.8, 4) is 0 Å². The summed E-state index contributed by atoms with van der Waals surface area (Å²) in [5.41, 5.74) is 13.9. The topological polar surface area (TPSA) is 26.0 Å². The molecule has 0 radical (unpaired) electrons. The molecule has 0 bridgehead atoms. The Hall–Kier alpha value is -1.08. The van der Waals surface area contributed by atoms with Crippen molar-refractivity contribution in [1.29, 1.82) is 0 Å². The first kappa shape index (κ1) is 14.0. The molecule has 2 N–H and O–H groups in total. The quantitative estimate of drug-likeness (QED) is 0.777. The van der Waals surface area contributed by atoms with Crippen molar-refractivity contribution in [3.63, 3.8) is 0 Å². The molecule has 1 nitrogen and oxygen atoms in total. The lowest BCUT2D eigenvalue weighted by atomic mass is 9.89. The molecule has 0 saturated carbocycles. The van der Waals surface area contributed by atoms with E-state index in [1.54, 1.807) is 0 Å². The van der Waals surface area contributed by atoms with Gasteiger partial charge in [0.05, 0.1) is 0 Å². The zero-order chi connectivity index (χ0) is 13.0. The van der Waals surface area contributed by atoms with E-state index in [0.717, 1.165) is 19.4 Å². The summed E-state index contributed by atoms with van der Waals surface area (Å²) >= 11 is 0. The maximum absolute atomic E-state index is 5.53. The van der Waals surface area contributed by atoms with E-state index < -0.39 is 0 Å². The highest BCUT2D eigenvalue weighted by Crippen LogP contribution is 2.28. The minimum Gasteiger partial charge on any atom is -0.330 e. The second kappa shape index (κ2) is 6.02. The summed E-state index contributed by atoms with van der Waals surface area (Å²) in [6, 6.07) is 2.28. The van der Waals surface area contributed by atoms with E-state index in [0.29, 0.717) is 0 Å². The van der Waals surface area contributed by atoms with Crippen molar-refractivity contribution in [1.82, 2.24) is 0 Å². The Labute approximate surface area is 106 Å². The molecule has 0 heterocycles. The van der Waals surface area contributed by atoms with Crippen LogP contribution < -0.4 is 5.73 Å². The van der Waals surface area contributed by atoms with Gasteiger partial charge in [-0.1, -0.05) is 12.1 Å². The Kier molecular flexibility index (Phi) is 4.95. The predicted octanol–water partition coefficient (Wildman–Crippen LogP) is 4.06. The number of unbranched alkanes of at least 4 members (excludes halogenated alkanes) is 1. The average Bonchev–Trinajstić information content (AvgIpc) is 2.27. The number of allylic oxidation sites excluding steroid dienone is 2. The average molecular weight is 231 g/mol. The van der Waals surface area contributed by atoms with Crippen molar-refractivity contribution in [2.75, 3.05) is 6.54 Å². The minimum atomic E-state index is 0.772. The molecule has 0 aromatic heterocycles. The molecule has 0 fully saturated rings. The third-order valence-corrected chi connectivity index (χ3v) is 3.62. The van der Waals surface area contributed by atoms with Crippen LogP contribution in [0.25, 0.3) is 5.57 Å². The lowest BCUT2D eigenvalue weighted by Crippen LogP contribution is -1.99. The molecule has 17 heavy (non-hydrogen) atoms. The Morgan fingerprint density at radius 3 is 2.12 bits per heavy atom. The SMILES string of the molecule is C/C(=C\CCCN)c1c(C)c(C)cc(C)c1C. The lowest BCUT2D eigenvalue weighted by Gasteiger charge is -2.16. The predicted molar refractivity (Wildman–Crippen MR) is 77.3 cm³/mol. The van der Waals surface area contributed by atoms with E-state index >= 15 is 0 Å². The van der Waals surface area contributed by atoms with Crippen molar-refractivity contribution >= 4 is 5.57 Å². The molecule has 0 aliphatic heterocycles. The number of benzene rings is 1. The van der Waals surface area contributed by atoms with Crippen LogP contribution >= 0.6 is 0 Å². The Bertz CT molecular complexity index is 401. The molecule has 94 valence electrons. The van der Waals surface area contributed by atoms with E-state index in [4.69, 9.17) is 5.73 Å². The second-order valence-corrected chi connectivity index (χ2v) is 4.95. The summed E-state index contributed by atoms with van der Waals surface area (Å²) in [7, 11) is 0. The van der Waals surface area contributed by atoms with Gasteiger partial charge in [-0.2, -0.15) is 0 Å². The van der Waals surface area contributed by atoms with E-state index in [-0.39, 0.29) is 0 Å². The fraction of sp³-hybridized carbons (Fsp3) is 0.500. The summed E-state index contributed by atoms with van der Waals surface area (Å²) in [6.07, 6.45) is 4.47. The van der Waals surface area contributed by atoms with Crippen LogP contribution in [-0.4, -0.2) is 6.54 Å². The standard InChI is InChI=1S/C16H25N/c1-11(8-6-7-9-17)16-14(4)12(2)10-13(3)15(16)5/h8,10H,6-7,9,17H2,1-5H3/b11-8+. The van der Waals surface area contributed by atoms with Gasteiger partial charge in [-0.15, -0.1) is 0 Å². The first-order chi connectivity index (χ1) is 7.99. The number of rotatable bonds is 4. The fourth-order valence-electron chi connectivity index (χ4n) is 2.35. The number of aryl methyl sites for hydroxylation is 2. The largest absolute Gasteiger partial charge is 0.330 e. The van der Waals surface area contributed by atoms with Gasteiger partial charge < -0.3 is 5.73 Å².